The fraction of sp³-hybridized carbons (Fsp3) is 0.409. The van der Waals surface area contributed by atoms with Gasteiger partial charge in [-0.1, -0.05) is 29.8 Å². The number of carbonyl (C=O) groups excluding carboxylic acids is 3. The summed E-state index contributed by atoms with van der Waals surface area (Å²) in [5.41, 5.74) is 2.19. The van der Waals surface area contributed by atoms with Gasteiger partial charge in [0.25, 0.3) is 5.91 Å². The predicted octanol–water partition coefficient (Wildman–Crippen LogP) is 2.06. The van der Waals surface area contributed by atoms with E-state index in [2.05, 4.69) is 0 Å². The third-order valence-corrected chi connectivity index (χ3v) is 5.76. The highest BCUT2D eigenvalue weighted by molar-refractivity contribution is 6.35. The first-order valence-electron chi connectivity index (χ1n) is 10.0. The second-order valence-corrected chi connectivity index (χ2v) is 7.71. The van der Waals surface area contributed by atoms with Crippen LogP contribution >= 0.6 is 0 Å². The minimum atomic E-state index is -0.439. The Hall–Kier alpha value is -3.09. The highest BCUT2D eigenvalue weighted by Gasteiger charge is 2.38. The zero-order chi connectivity index (χ0) is 20.4. The summed E-state index contributed by atoms with van der Waals surface area (Å²) < 4.78 is 5.18. The molecule has 152 valence electrons. The molecule has 2 aromatic rings. The SMILES string of the molecule is Cc1ccc(CN2CCN(C3CCN(C(=O)c4ccco4)CC3)C(=O)C2=O)cc1. The average molecular weight is 395 g/mol. The zero-order valence-corrected chi connectivity index (χ0v) is 16.5. The molecule has 2 saturated heterocycles. The van der Waals surface area contributed by atoms with E-state index in [1.807, 2.05) is 31.2 Å². The number of benzene rings is 1. The highest BCUT2D eigenvalue weighted by Crippen LogP contribution is 2.22. The fourth-order valence-corrected chi connectivity index (χ4v) is 4.04. The van der Waals surface area contributed by atoms with E-state index >= 15 is 0 Å². The number of rotatable bonds is 4. The lowest BCUT2D eigenvalue weighted by molar-refractivity contribution is -0.158. The molecule has 0 saturated carbocycles. The molecule has 0 radical (unpaired) electrons. The van der Waals surface area contributed by atoms with Crippen LogP contribution in [0.4, 0.5) is 0 Å². The first kappa shape index (κ1) is 19.2. The molecule has 0 N–H and O–H groups in total. The Morgan fingerprint density at radius 1 is 1.00 bits per heavy atom. The van der Waals surface area contributed by atoms with E-state index < -0.39 is 11.8 Å². The molecule has 2 aliphatic heterocycles. The number of hydrogen-bond acceptors (Lipinski definition) is 4. The number of hydrogen-bond donors (Lipinski definition) is 0. The summed E-state index contributed by atoms with van der Waals surface area (Å²) in [6.07, 6.45) is 2.83. The van der Waals surface area contributed by atoms with Crippen molar-refractivity contribution < 1.29 is 18.8 Å². The lowest BCUT2D eigenvalue weighted by atomic mass is 10.0. The van der Waals surface area contributed by atoms with Crippen LogP contribution in [0.25, 0.3) is 0 Å². The standard InChI is InChI=1S/C22H25N3O4/c1-16-4-6-17(7-5-16)15-24-12-13-25(22(28)21(24)27)18-8-10-23(11-9-18)20(26)19-3-2-14-29-19/h2-7,14,18H,8-13,15H2,1H3. The van der Waals surface area contributed by atoms with Gasteiger partial charge in [-0.25, -0.2) is 0 Å². The maximum atomic E-state index is 12.7. The predicted molar refractivity (Wildman–Crippen MR) is 106 cm³/mol. The second kappa shape index (κ2) is 8.11. The van der Waals surface area contributed by atoms with Gasteiger partial charge in [-0.3, -0.25) is 14.4 Å². The molecule has 2 aliphatic rings. The Morgan fingerprint density at radius 3 is 2.38 bits per heavy atom. The minimum Gasteiger partial charge on any atom is -0.459 e. The summed E-state index contributed by atoms with van der Waals surface area (Å²) in [6.45, 7) is 4.64. The first-order chi connectivity index (χ1) is 14.0. The maximum absolute atomic E-state index is 12.7. The van der Waals surface area contributed by atoms with Gasteiger partial charge in [0, 0.05) is 38.8 Å². The van der Waals surface area contributed by atoms with E-state index in [9.17, 15) is 14.4 Å². The summed E-state index contributed by atoms with van der Waals surface area (Å²) in [5.74, 6) is -0.664. The molecule has 7 nitrogen and oxygen atoms in total. The molecule has 0 spiro atoms. The van der Waals surface area contributed by atoms with Crippen molar-refractivity contribution in [1.29, 1.82) is 0 Å². The Balaban J connectivity index is 1.33. The van der Waals surface area contributed by atoms with Crippen LogP contribution in [0.15, 0.2) is 47.1 Å². The number of furan rings is 1. The zero-order valence-electron chi connectivity index (χ0n) is 16.5. The van der Waals surface area contributed by atoms with Gasteiger partial charge in [0.05, 0.1) is 6.26 Å². The van der Waals surface area contributed by atoms with Gasteiger partial charge in [0.15, 0.2) is 5.76 Å². The van der Waals surface area contributed by atoms with Gasteiger partial charge in [-0.15, -0.1) is 0 Å². The van der Waals surface area contributed by atoms with Crippen LogP contribution in [0, 0.1) is 6.92 Å². The van der Waals surface area contributed by atoms with Crippen LogP contribution in [-0.2, 0) is 16.1 Å². The molecular formula is C22H25N3O4. The molecule has 0 bridgehead atoms. The van der Waals surface area contributed by atoms with Crippen molar-refractivity contribution in [2.75, 3.05) is 26.2 Å². The number of amides is 3. The molecule has 0 unspecified atom stereocenters. The normalized spacial score (nSPS) is 18.4. The summed E-state index contributed by atoms with van der Waals surface area (Å²) in [7, 11) is 0. The van der Waals surface area contributed by atoms with Gasteiger partial charge in [0.1, 0.15) is 0 Å². The van der Waals surface area contributed by atoms with E-state index in [1.165, 1.54) is 6.26 Å². The Bertz CT molecular complexity index is 883. The van der Waals surface area contributed by atoms with Crippen molar-refractivity contribution in [1.82, 2.24) is 14.7 Å². The lowest BCUT2D eigenvalue weighted by Gasteiger charge is -2.42. The minimum absolute atomic E-state index is 0.00590. The Kier molecular flexibility index (Phi) is 5.38. The molecule has 7 heteroatoms. The molecular weight excluding hydrogens is 370 g/mol. The molecule has 0 aliphatic carbocycles. The van der Waals surface area contributed by atoms with Crippen LogP contribution in [0.3, 0.4) is 0 Å². The number of likely N-dealkylation sites (tertiary alicyclic amines) is 1. The topological polar surface area (TPSA) is 74.1 Å². The maximum Gasteiger partial charge on any atom is 0.312 e. The van der Waals surface area contributed by atoms with E-state index in [0.717, 1.165) is 11.1 Å². The average Bonchev–Trinajstić information content (AvgIpc) is 3.28. The van der Waals surface area contributed by atoms with Crippen LogP contribution in [0.1, 0.15) is 34.5 Å². The summed E-state index contributed by atoms with van der Waals surface area (Å²) in [4.78, 5) is 42.8. The quantitative estimate of drug-likeness (QED) is 0.743. The lowest BCUT2D eigenvalue weighted by Crippen LogP contribution is -2.59. The van der Waals surface area contributed by atoms with Crippen molar-refractivity contribution in [3.05, 3.63) is 59.5 Å². The van der Waals surface area contributed by atoms with Gasteiger partial charge in [-0.2, -0.15) is 0 Å². The Labute approximate surface area is 169 Å². The van der Waals surface area contributed by atoms with Crippen molar-refractivity contribution in [3.63, 3.8) is 0 Å². The summed E-state index contributed by atoms with van der Waals surface area (Å²) in [5, 5.41) is 0. The number of aryl methyl sites for hydroxylation is 1. The molecule has 3 amide bonds. The van der Waals surface area contributed by atoms with Crippen molar-refractivity contribution in [2.24, 2.45) is 0 Å². The smallest absolute Gasteiger partial charge is 0.312 e. The monoisotopic (exact) mass is 395 g/mol. The third kappa shape index (κ3) is 4.04. The summed E-state index contributed by atoms with van der Waals surface area (Å²) in [6, 6.07) is 11.3. The van der Waals surface area contributed by atoms with Crippen molar-refractivity contribution in [2.45, 2.75) is 32.4 Å². The molecule has 0 atom stereocenters. The Morgan fingerprint density at radius 2 is 1.72 bits per heavy atom. The second-order valence-electron chi connectivity index (χ2n) is 7.71. The number of piperazine rings is 1. The molecule has 1 aromatic heterocycles. The van der Waals surface area contributed by atoms with Gasteiger partial charge in [-0.05, 0) is 37.5 Å². The van der Waals surface area contributed by atoms with E-state index in [-0.39, 0.29) is 11.9 Å². The molecule has 2 fully saturated rings. The number of carbonyl (C=O) groups is 3. The molecule has 4 rings (SSSR count). The van der Waals surface area contributed by atoms with E-state index in [1.54, 1.807) is 26.8 Å². The molecule has 29 heavy (non-hydrogen) atoms. The van der Waals surface area contributed by atoms with E-state index in [0.29, 0.717) is 51.3 Å². The summed E-state index contributed by atoms with van der Waals surface area (Å²) >= 11 is 0. The van der Waals surface area contributed by atoms with E-state index in [4.69, 9.17) is 4.42 Å². The molecule has 1 aromatic carbocycles. The van der Waals surface area contributed by atoms with Crippen LogP contribution < -0.4 is 0 Å². The molecule has 3 heterocycles. The van der Waals surface area contributed by atoms with Crippen LogP contribution in [-0.4, -0.2) is 64.6 Å². The van der Waals surface area contributed by atoms with Gasteiger partial charge in [0.2, 0.25) is 0 Å². The number of piperidine rings is 1. The van der Waals surface area contributed by atoms with Crippen molar-refractivity contribution in [3.8, 4) is 0 Å². The van der Waals surface area contributed by atoms with Gasteiger partial charge >= 0.3 is 11.8 Å². The van der Waals surface area contributed by atoms with Crippen LogP contribution in [0.5, 0.6) is 0 Å². The largest absolute Gasteiger partial charge is 0.459 e. The third-order valence-electron chi connectivity index (χ3n) is 5.76. The number of nitrogens with zero attached hydrogens (tertiary/aromatic N) is 3. The first-order valence-corrected chi connectivity index (χ1v) is 10.0. The highest BCUT2D eigenvalue weighted by atomic mass is 16.3. The van der Waals surface area contributed by atoms with Gasteiger partial charge < -0.3 is 19.1 Å². The van der Waals surface area contributed by atoms with Crippen LogP contribution in [0.2, 0.25) is 0 Å². The van der Waals surface area contributed by atoms with Crippen molar-refractivity contribution >= 4 is 17.7 Å². The fourth-order valence-electron chi connectivity index (χ4n) is 4.04.